The molecule has 0 unspecified atom stereocenters. The number of anilines is 1. The minimum Gasteiger partial charge on any atom is -0.352 e. The van der Waals surface area contributed by atoms with Crippen LogP contribution in [0, 0.1) is 17.1 Å². The molecule has 1 aromatic carbocycles. The summed E-state index contributed by atoms with van der Waals surface area (Å²) in [6.45, 7) is -4.00. The number of ether oxygens (including phenoxy) is 1. The number of nitrogens with zero attached hydrogens (tertiary/aromatic N) is 6. The highest BCUT2D eigenvalue weighted by atomic mass is 35.5. The van der Waals surface area contributed by atoms with Crippen molar-refractivity contribution in [2.24, 2.45) is 0 Å². The Labute approximate surface area is 203 Å². The normalized spacial score (nSPS) is 13.8. The molecule has 0 radical (unpaired) electrons. The summed E-state index contributed by atoms with van der Waals surface area (Å²) in [5.74, 6) is -1.49. The molecule has 0 N–H and O–H groups in total. The van der Waals surface area contributed by atoms with Gasteiger partial charge >= 0.3 is 12.3 Å². The quantitative estimate of drug-likeness (QED) is 0.434. The van der Waals surface area contributed by atoms with E-state index in [-0.39, 0.29) is 35.1 Å². The molecule has 3 heterocycles. The SMILES string of the molecule is N#CCn1c(N2CC(OC(F)F)C2)c(-c2ccc(F)c(Cl)c2)c(=O)n(-c2cncc(C(F)F)n2)c1=O. The molecular weight excluding hydrogens is 515 g/mol. The molecule has 0 amide bonds. The molecule has 1 saturated heterocycles. The largest absolute Gasteiger partial charge is 0.352 e. The van der Waals surface area contributed by atoms with E-state index in [1.807, 2.05) is 0 Å². The monoisotopic (exact) mass is 528 g/mol. The fraction of sp³-hybridized carbons (Fsp3) is 0.286. The number of hydrogen-bond donors (Lipinski definition) is 0. The second-order valence-electron chi connectivity index (χ2n) is 7.52. The minimum absolute atomic E-state index is 0.0121. The van der Waals surface area contributed by atoms with E-state index >= 15 is 0 Å². The lowest BCUT2D eigenvalue weighted by molar-refractivity contribution is -0.167. The van der Waals surface area contributed by atoms with Crippen LogP contribution in [0.15, 0.2) is 40.2 Å². The van der Waals surface area contributed by atoms with Crippen molar-refractivity contribution in [3.8, 4) is 23.0 Å². The van der Waals surface area contributed by atoms with E-state index in [0.717, 1.165) is 29.1 Å². The Balaban J connectivity index is 2.01. The number of benzene rings is 1. The third-order valence-corrected chi connectivity index (χ3v) is 5.58. The Bertz CT molecular complexity index is 1470. The maximum Gasteiger partial charge on any atom is 0.345 e. The van der Waals surface area contributed by atoms with Crippen LogP contribution >= 0.6 is 11.6 Å². The first-order valence-electron chi connectivity index (χ1n) is 10.1. The second kappa shape index (κ2) is 10.0. The zero-order valence-corrected chi connectivity index (χ0v) is 18.7. The minimum atomic E-state index is -3.06. The molecule has 1 aliphatic rings. The summed E-state index contributed by atoms with van der Waals surface area (Å²) in [5.41, 5.74) is -3.25. The number of halogens is 6. The number of alkyl halides is 4. The van der Waals surface area contributed by atoms with Crippen molar-refractivity contribution in [2.45, 2.75) is 25.7 Å². The van der Waals surface area contributed by atoms with Crippen molar-refractivity contribution in [2.75, 3.05) is 18.0 Å². The molecule has 0 saturated carbocycles. The van der Waals surface area contributed by atoms with Crippen LogP contribution in [0.5, 0.6) is 0 Å². The Hall–Kier alpha value is -3.83. The van der Waals surface area contributed by atoms with Gasteiger partial charge in [-0.1, -0.05) is 17.7 Å². The highest BCUT2D eigenvalue weighted by Crippen LogP contribution is 2.33. The van der Waals surface area contributed by atoms with E-state index in [2.05, 4.69) is 14.7 Å². The van der Waals surface area contributed by atoms with Crippen molar-refractivity contribution in [3.05, 3.63) is 68.0 Å². The van der Waals surface area contributed by atoms with E-state index in [4.69, 9.17) is 11.6 Å². The van der Waals surface area contributed by atoms with Crippen LogP contribution in [0.4, 0.5) is 27.8 Å². The zero-order chi connectivity index (χ0) is 26.1. The summed E-state index contributed by atoms with van der Waals surface area (Å²) in [4.78, 5) is 35.6. The fourth-order valence-corrected chi connectivity index (χ4v) is 3.90. The summed E-state index contributed by atoms with van der Waals surface area (Å²) < 4.78 is 71.2. The number of nitriles is 1. The molecular formula is C21H14ClF5N6O3. The molecule has 15 heteroatoms. The van der Waals surface area contributed by atoms with Crippen LogP contribution in [0.1, 0.15) is 12.1 Å². The number of aromatic nitrogens is 4. The highest BCUT2D eigenvalue weighted by molar-refractivity contribution is 6.31. The second-order valence-corrected chi connectivity index (χ2v) is 7.93. The third-order valence-electron chi connectivity index (χ3n) is 5.29. The van der Waals surface area contributed by atoms with Crippen molar-refractivity contribution in [3.63, 3.8) is 0 Å². The predicted molar refractivity (Wildman–Crippen MR) is 116 cm³/mol. The van der Waals surface area contributed by atoms with Crippen molar-refractivity contribution < 1.29 is 26.7 Å². The van der Waals surface area contributed by atoms with Gasteiger partial charge in [-0.15, -0.1) is 0 Å². The van der Waals surface area contributed by atoms with Gasteiger partial charge in [0.25, 0.3) is 12.0 Å². The van der Waals surface area contributed by atoms with Crippen LogP contribution in [0.25, 0.3) is 16.9 Å². The van der Waals surface area contributed by atoms with E-state index in [0.29, 0.717) is 4.57 Å². The van der Waals surface area contributed by atoms with Gasteiger partial charge in [-0.3, -0.25) is 14.3 Å². The molecule has 1 fully saturated rings. The highest BCUT2D eigenvalue weighted by Gasteiger charge is 2.36. The van der Waals surface area contributed by atoms with Gasteiger partial charge in [0.2, 0.25) is 0 Å². The summed E-state index contributed by atoms with van der Waals surface area (Å²) in [6.07, 6.45) is -2.33. The van der Waals surface area contributed by atoms with Gasteiger partial charge in [0.1, 0.15) is 23.9 Å². The van der Waals surface area contributed by atoms with Gasteiger partial charge < -0.3 is 9.64 Å². The van der Waals surface area contributed by atoms with E-state index < -0.39 is 54.3 Å². The third kappa shape index (κ3) is 4.67. The van der Waals surface area contributed by atoms with Gasteiger partial charge in [0, 0.05) is 13.1 Å². The molecule has 4 rings (SSSR count). The first kappa shape index (κ1) is 25.3. The van der Waals surface area contributed by atoms with E-state index in [1.54, 1.807) is 6.07 Å². The smallest absolute Gasteiger partial charge is 0.345 e. The number of hydrogen-bond acceptors (Lipinski definition) is 7. The van der Waals surface area contributed by atoms with Crippen LogP contribution in [-0.2, 0) is 11.3 Å². The van der Waals surface area contributed by atoms with Crippen LogP contribution < -0.4 is 16.1 Å². The Morgan fingerprint density at radius 1 is 1.19 bits per heavy atom. The molecule has 36 heavy (non-hydrogen) atoms. The van der Waals surface area contributed by atoms with Gasteiger partial charge in [0.15, 0.2) is 5.82 Å². The lowest BCUT2D eigenvalue weighted by Gasteiger charge is -2.41. The molecule has 9 nitrogen and oxygen atoms in total. The van der Waals surface area contributed by atoms with E-state index in [1.165, 1.54) is 11.0 Å². The van der Waals surface area contributed by atoms with Crippen LogP contribution in [0.2, 0.25) is 5.02 Å². The Kier molecular flexibility index (Phi) is 7.04. The lowest BCUT2D eigenvalue weighted by Crippen LogP contribution is -2.56. The van der Waals surface area contributed by atoms with Gasteiger partial charge in [0.05, 0.1) is 35.2 Å². The number of rotatable bonds is 7. The zero-order valence-electron chi connectivity index (χ0n) is 17.9. The first-order valence-corrected chi connectivity index (χ1v) is 10.5. The first-order chi connectivity index (χ1) is 17.1. The molecule has 0 bridgehead atoms. The average Bonchev–Trinajstić information content (AvgIpc) is 2.80. The molecule has 0 spiro atoms. The van der Waals surface area contributed by atoms with Crippen molar-refractivity contribution >= 4 is 17.4 Å². The maximum atomic E-state index is 13.9. The topological polar surface area (TPSA) is 106 Å². The van der Waals surface area contributed by atoms with Gasteiger partial charge in [-0.2, -0.15) is 14.0 Å². The van der Waals surface area contributed by atoms with Crippen LogP contribution in [-0.4, -0.2) is 44.9 Å². The predicted octanol–water partition coefficient (Wildman–Crippen LogP) is 3.14. The summed E-state index contributed by atoms with van der Waals surface area (Å²) in [7, 11) is 0. The van der Waals surface area contributed by atoms with Gasteiger partial charge in [-0.25, -0.2) is 27.5 Å². The van der Waals surface area contributed by atoms with Gasteiger partial charge in [-0.05, 0) is 17.7 Å². The fourth-order valence-electron chi connectivity index (χ4n) is 3.71. The molecule has 2 aromatic heterocycles. The maximum absolute atomic E-state index is 13.9. The summed E-state index contributed by atoms with van der Waals surface area (Å²) in [5, 5.41) is 8.99. The molecule has 0 aliphatic carbocycles. The standard InChI is InChI=1S/C21H14ClF5N6O3/c22-12-5-10(1-2-13(12)23)16-18(31-8-11(9-31)36-20(26)27)32(4-3-28)21(35)33(19(16)34)15-7-29-6-14(30-15)17(24)25/h1-2,5-7,11,17,20H,4,8-9H2. The average molecular weight is 529 g/mol. The van der Waals surface area contributed by atoms with Crippen LogP contribution in [0.3, 0.4) is 0 Å². The van der Waals surface area contributed by atoms with Crippen molar-refractivity contribution in [1.82, 2.24) is 19.1 Å². The van der Waals surface area contributed by atoms with E-state index in [9.17, 15) is 36.8 Å². The molecule has 188 valence electrons. The molecule has 1 aliphatic heterocycles. The summed E-state index contributed by atoms with van der Waals surface area (Å²) >= 11 is 5.89. The Morgan fingerprint density at radius 3 is 2.53 bits per heavy atom. The van der Waals surface area contributed by atoms with Crippen molar-refractivity contribution in [1.29, 1.82) is 5.26 Å². The lowest BCUT2D eigenvalue weighted by atomic mass is 10.0. The molecule has 3 aromatic rings. The summed E-state index contributed by atoms with van der Waals surface area (Å²) in [6, 6.07) is 5.00. The Morgan fingerprint density at radius 2 is 1.92 bits per heavy atom. The molecule has 0 atom stereocenters.